The van der Waals surface area contributed by atoms with Crippen LogP contribution in [0.1, 0.15) is 19.2 Å². The minimum absolute atomic E-state index is 0.815. The van der Waals surface area contributed by atoms with Gasteiger partial charge in [0.15, 0.2) is 0 Å². The maximum atomic E-state index is 4.53. The topological polar surface area (TPSA) is 37.8 Å². The molecule has 0 unspecified atom stereocenters. The van der Waals surface area contributed by atoms with Crippen LogP contribution in [-0.2, 0) is 6.42 Å². The van der Waals surface area contributed by atoms with Crippen molar-refractivity contribution in [3.8, 4) is 0 Å². The van der Waals surface area contributed by atoms with Gasteiger partial charge in [-0.1, -0.05) is 19.1 Å². The fraction of sp³-hybridized carbons (Fsp3) is 0.286. The van der Waals surface area contributed by atoms with E-state index >= 15 is 0 Å². The van der Waals surface area contributed by atoms with Crippen molar-refractivity contribution in [3.05, 3.63) is 40.8 Å². The van der Waals surface area contributed by atoms with Gasteiger partial charge >= 0.3 is 0 Å². The van der Waals surface area contributed by atoms with Crippen LogP contribution < -0.4 is 5.32 Å². The first-order chi connectivity index (χ1) is 9.22. The summed E-state index contributed by atoms with van der Waals surface area (Å²) in [4.78, 5) is 10.1. The van der Waals surface area contributed by atoms with Gasteiger partial charge in [0.2, 0.25) is 0 Å². The number of rotatable bonds is 5. The first kappa shape index (κ1) is 14.3. The van der Waals surface area contributed by atoms with E-state index in [0.717, 1.165) is 34.8 Å². The SMILES string of the molecule is CCCc1nc(Br)cc(Nc2ccccc2SC)n1. The molecule has 0 atom stereocenters. The number of nitrogens with one attached hydrogen (secondary N) is 1. The number of aryl methyl sites for hydroxylation is 1. The first-order valence-corrected chi connectivity index (χ1v) is 8.18. The predicted octanol–water partition coefficient (Wildman–Crippen LogP) is 4.66. The molecule has 0 saturated heterocycles. The lowest BCUT2D eigenvalue weighted by molar-refractivity contribution is 0.831. The van der Waals surface area contributed by atoms with E-state index in [4.69, 9.17) is 0 Å². The highest BCUT2D eigenvalue weighted by Gasteiger charge is 2.05. The molecule has 0 radical (unpaired) electrons. The van der Waals surface area contributed by atoms with Crippen LogP contribution in [0.2, 0.25) is 0 Å². The van der Waals surface area contributed by atoms with Crippen molar-refractivity contribution in [1.82, 2.24) is 9.97 Å². The third kappa shape index (κ3) is 3.94. The van der Waals surface area contributed by atoms with Crippen LogP contribution in [0.5, 0.6) is 0 Å². The number of thioether (sulfide) groups is 1. The summed E-state index contributed by atoms with van der Waals surface area (Å²) in [6.45, 7) is 2.13. The third-order valence-electron chi connectivity index (χ3n) is 2.58. The number of halogens is 1. The smallest absolute Gasteiger partial charge is 0.135 e. The van der Waals surface area contributed by atoms with Crippen LogP contribution in [0.4, 0.5) is 11.5 Å². The van der Waals surface area contributed by atoms with Crippen molar-refractivity contribution >= 4 is 39.2 Å². The zero-order chi connectivity index (χ0) is 13.7. The molecule has 2 aromatic rings. The Morgan fingerprint density at radius 1 is 1.26 bits per heavy atom. The number of hydrogen-bond donors (Lipinski definition) is 1. The van der Waals surface area contributed by atoms with Gasteiger partial charge in [0, 0.05) is 17.4 Å². The van der Waals surface area contributed by atoms with Crippen molar-refractivity contribution in [2.24, 2.45) is 0 Å². The summed E-state index contributed by atoms with van der Waals surface area (Å²) in [5, 5.41) is 3.36. The molecular weight excluding hydrogens is 322 g/mol. The summed E-state index contributed by atoms with van der Waals surface area (Å²) in [6.07, 6.45) is 3.99. The minimum Gasteiger partial charge on any atom is -0.339 e. The van der Waals surface area contributed by atoms with Crippen molar-refractivity contribution < 1.29 is 0 Å². The Hall–Kier alpha value is -1.07. The van der Waals surface area contributed by atoms with Crippen LogP contribution in [0.25, 0.3) is 0 Å². The molecule has 1 aromatic heterocycles. The maximum absolute atomic E-state index is 4.53. The average Bonchev–Trinajstić information content (AvgIpc) is 2.39. The molecule has 0 aliphatic heterocycles. The Labute approximate surface area is 126 Å². The van der Waals surface area contributed by atoms with E-state index in [2.05, 4.69) is 56.5 Å². The van der Waals surface area contributed by atoms with Crippen LogP contribution >= 0.6 is 27.7 Å². The van der Waals surface area contributed by atoms with Gasteiger partial charge in [-0.25, -0.2) is 9.97 Å². The lowest BCUT2D eigenvalue weighted by Crippen LogP contribution is -2.01. The summed E-state index contributed by atoms with van der Waals surface area (Å²) < 4.78 is 0.815. The molecular formula is C14H16BrN3S. The standard InChI is InChI=1S/C14H16BrN3S/c1-3-6-13-17-12(15)9-14(18-13)16-10-7-4-5-8-11(10)19-2/h4-5,7-9H,3,6H2,1-2H3,(H,16,17,18). The summed E-state index contributed by atoms with van der Waals surface area (Å²) in [7, 11) is 0. The number of aromatic nitrogens is 2. The van der Waals surface area contributed by atoms with Gasteiger partial charge in [0.25, 0.3) is 0 Å². The Bertz CT molecular complexity index is 560. The molecule has 0 saturated carbocycles. The molecule has 0 fully saturated rings. The molecule has 3 nitrogen and oxygen atoms in total. The van der Waals surface area contributed by atoms with E-state index in [1.165, 1.54) is 4.90 Å². The van der Waals surface area contributed by atoms with E-state index in [1.54, 1.807) is 11.8 Å². The van der Waals surface area contributed by atoms with Gasteiger partial charge in [0.1, 0.15) is 16.2 Å². The van der Waals surface area contributed by atoms with Crippen molar-refractivity contribution in [2.75, 3.05) is 11.6 Å². The second kappa shape index (κ2) is 6.91. The van der Waals surface area contributed by atoms with E-state index < -0.39 is 0 Å². The Balaban J connectivity index is 2.27. The molecule has 0 aliphatic rings. The molecule has 1 N–H and O–H groups in total. The minimum atomic E-state index is 0.815. The highest BCUT2D eigenvalue weighted by atomic mass is 79.9. The molecule has 0 spiro atoms. The lowest BCUT2D eigenvalue weighted by atomic mass is 10.3. The molecule has 1 aromatic carbocycles. The molecule has 0 aliphatic carbocycles. The van der Waals surface area contributed by atoms with E-state index in [0.29, 0.717) is 0 Å². The van der Waals surface area contributed by atoms with Crippen LogP contribution in [0.3, 0.4) is 0 Å². The number of para-hydroxylation sites is 1. The van der Waals surface area contributed by atoms with Crippen molar-refractivity contribution in [2.45, 2.75) is 24.7 Å². The van der Waals surface area contributed by atoms with Gasteiger partial charge in [-0.15, -0.1) is 11.8 Å². The molecule has 0 amide bonds. The third-order valence-corrected chi connectivity index (χ3v) is 3.79. The summed E-state index contributed by atoms with van der Waals surface area (Å²) in [6, 6.07) is 10.1. The van der Waals surface area contributed by atoms with Crippen LogP contribution in [0, 0.1) is 0 Å². The number of benzene rings is 1. The summed E-state index contributed by atoms with van der Waals surface area (Å²) in [5.74, 6) is 1.69. The Morgan fingerprint density at radius 2 is 2.05 bits per heavy atom. The average molecular weight is 338 g/mol. The van der Waals surface area contributed by atoms with E-state index in [-0.39, 0.29) is 0 Å². The number of hydrogen-bond acceptors (Lipinski definition) is 4. The zero-order valence-corrected chi connectivity index (χ0v) is 13.4. The van der Waals surface area contributed by atoms with Crippen LogP contribution in [-0.4, -0.2) is 16.2 Å². The molecule has 2 rings (SSSR count). The van der Waals surface area contributed by atoms with Gasteiger partial charge in [-0.05, 0) is 40.7 Å². The maximum Gasteiger partial charge on any atom is 0.135 e. The van der Waals surface area contributed by atoms with Crippen molar-refractivity contribution in [3.63, 3.8) is 0 Å². The molecule has 0 bridgehead atoms. The second-order valence-electron chi connectivity index (χ2n) is 4.07. The Kier molecular flexibility index (Phi) is 5.22. The quantitative estimate of drug-likeness (QED) is 0.636. The highest BCUT2D eigenvalue weighted by Crippen LogP contribution is 2.27. The zero-order valence-electron chi connectivity index (χ0n) is 11.0. The number of anilines is 2. The largest absolute Gasteiger partial charge is 0.339 e. The molecule has 5 heteroatoms. The van der Waals surface area contributed by atoms with Crippen LogP contribution in [0.15, 0.2) is 39.8 Å². The fourth-order valence-electron chi connectivity index (χ4n) is 1.75. The first-order valence-electron chi connectivity index (χ1n) is 6.16. The summed E-state index contributed by atoms with van der Waals surface area (Å²) in [5.41, 5.74) is 1.07. The normalized spacial score (nSPS) is 10.5. The lowest BCUT2D eigenvalue weighted by Gasteiger charge is -2.10. The second-order valence-corrected chi connectivity index (χ2v) is 5.73. The highest BCUT2D eigenvalue weighted by molar-refractivity contribution is 9.10. The van der Waals surface area contributed by atoms with E-state index in [9.17, 15) is 0 Å². The van der Waals surface area contributed by atoms with Crippen molar-refractivity contribution in [1.29, 1.82) is 0 Å². The van der Waals surface area contributed by atoms with Gasteiger partial charge in [0.05, 0.1) is 5.69 Å². The monoisotopic (exact) mass is 337 g/mol. The fourth-order valence-corrected chi connectivity index (χ4v) is 2.73. The molecule has 19 heavy (non-hydrogen) atoms. The summed E-state index contributed by atoms with van der Waals surface area (Å²) >= 11 is 5.15. The van der Waals surface area contributed by atoms with Gasteiger partial charge in [-0.3, -0.25) is 0 Å². The Morgan fingerprint density at radius 3 is 2.79 bits per heavy atom. The van der Waals surface area contributed by atoms with E-state index in [1.807, 2.05) is 18.2 Å². The predicted molar refractivity (Wildman–Crippen MR) is 85.2 cm³/mol. The molecule has 1 heterocycles. The van der Waals surface area contributed by atoms with Gasteiger partial charge < -0.3 is 5.32 Å². The van der Waals surface area contributed by atoms with Gasteiger partial charge in [-0.2, -0.15) is 0 Å². The number of nitrogens with zero attached hydrogens (tertiary/aromatic N) is 2. The molecule has 100 valence electrons.